The number of hydrogen-bond acceptors (Lipinski definition) is 7. The minimum atomic E-state index is -4.06. The van der Waals surface area contributed by atoms with E-state index in [0.29, 0.717) is 6.26 Å². The average Bonchev–Trinajstić information content (AvgIpc) is 2.12. The van der Waals surface area contributed by atoms with Crippen molar-refractivity contribution in [1.82, 2.24) is 9.97 Å². The van der Waals surface area contributed by atoms with Gasteiger partial charge in [0, 0.05) is 12.5 Å². The van der Waals surface area contributed by atoms with Gasteiger partial charge in [0.2, 0.25) is 15.0 Å². The second-order valence-corrected chi connectivity index (χ2v) is 7.53. The van der Waals surface area contributed by atoms with Crippen molar-refractivity contribution in [2.75, 3.05) is 12.5 Å². The van der Waals surface area contributed by atoms with Crippen LogP contribution in [0, 0.1) is 0 Å². The van der Waals surface area contributed by atoms with E-state index >= 15 is 0 Å². The van der Waals surface area contributed by atoms with Gasteiger partial charge in [-0.05, 0) is 0 Å². The number of rotatable bonds is 3. The van der Waals surface area contributed by atoms with Crippen LogP contribution in [0.4, 0.5) is 0 Å². The van der Waals surface area contributed by atoms with Crippen LogP contribution in [0.25, 0.3) is 0 Å². The predicted octanol–water partition coefficient (Wildman–Crippen LogP) is 0.0570. The number of carboxylic acids is 1. The average molecular weight is 351 g/mol. The fourth-order valence-corrected chi connectivity index (χ4v) is 2.75. The fraction of sp³-hybridized carbons (Fsp3) is 0.286. The third-order valence-corrected chi connectivity index (χ3v) is 3.83. The van der Waals surface area contributed by atoms with E-state index in [4.69, 9.17) is 16.7 Å². The van der Waals surface area contributed by atoms with Crippen molar-refractivity contribution >= 4 is 49.7 Å². The molecule has 0 aliphatic rings. The highest BCUT2D eigenvalue weighted by Crippen LogP contribution is 2.22. The van der Waals surface area contributed by atoms with Crippen LogP contribution in [-0.4, -0.2) is 50.4 Å². The van der Waals surface area contributed by atoms with E-state index in [0.717, 1.165) is 6.26 Å². The van der Waals surface area contributed by atoms with Gasteiger partial charge in [0.1, 0.15) is 10.7 Å². The molecule has 0 saturated heterocycles. The van der Waals surface area contributed by atoms with Crippen LogP contribution in [0.15, 0.2) is 10.2 Å². The zero-order valence-electron chi connectivity index (χ0n) is 9.49. The molecule has 1 aromatic rings. The molecule has 1 aromatic heterocycles. The number of carbonyl (C=O) groups is 1. The smallest absolute Gasteiger partial charge is 0.341 e. The maximum absolute atomic E-state index is 11.4. The van der Waals surface area contributed by atoms with Crippen molar-refractivity contribution in [1.29, 1.82) is 0 Å². The Hall–Kier alpha value is -0.970. The van der Waals surface area contributed by atoms with Crippen LogP contribution in [0.2, 0.25) is 5.15 Å². The zero-order chi connectivity index (χ0) is 14.3. The Balaban J connectivity index is 0.00000324. The lowest BCUT2D eigenvalue weighted by Gasteiger charge is -2.06. The minimum Gasteiger partial charge on any atom is -0.477 e. The summed E-state index contributed by atoms with van der Waals surface area (Å²) in [5, 5.41) is 6.29. The Bertz CT molecular complexity index is 728. The second kappa shape index (κ2) is 5.57. The van der Waals surface area contributed by atoms with Crippen LogP contribution < -0.4 is 0 Å². The highest BCUT2D eigenvalue weighted by Gasteiger charge is 2.28. The number of halogens is 2. The van der Waals surface area contributed by atoms with E-state index in [2.05, 4.69) is 9.97 Å². The monoisotopic (exact) mass is 350 g/mol. The molecule has 1 N–H and O–H groups in total. The van der Waals surface area contributed by atoms with Crippen molar-refractivity contribution < 1.29 is 26.7 Å². The van der Waals surface area contributed by atoms with Gasteiger partial charge in [-0.3, -0.25) is 0 Å². The number of aromatic nitrogens is 2. The van der Waals surface area contributed by atoms with E-state index in [1.807, 2.05) is 0 Å². The Morgan fingerprint density at radius 3 is 1.89 bits per heavy atom. The summed E-state index contributed by atoms with van der Waals surface area (Å²) >= 11 is 5.48. The molecular formula is C7H8Cl2N2O6S2. The van der Waals surface area contributed by atoms with E-state index in [-0.39, 0.29) is 12.4 Å². The molecule has 0 spiro atoms. The van der Waals surface area contributed by atoms with E-state index < -0.39 is 46.5 Å². The molecule has 0 atom stereocenters. The first-order valence-electron chi connectivity index (χ1n) is 4.15. The van der Waals surface area contributed by atoms with Crippen LogP contribution in [0.1, 0.15) is 10.4 Å². The molecule has 1 rings (SSSR count). The van der Waals surface area contributed by atoms with Gasteiger partial charge in [-0.25, -0.2) is 31.6 Å². The first-order chi connectivity index (χ1) is 7.94. The second-order valence-electron chi connectivity index (χ2n) is 3.33. The predicted molar refractivity (Wildman–Crippen MR) is 67.5 cm³/mol. The lowest BCUT2D eigenvalue weighted by atomic mass is 10.3. The maximum atomic E-state index is 11.4. The quantitative estimate of drug-likeness (QED) is 0.597. The van der Waals surface area contributed by atoms with E-state index in [1.54, 1.807) is 0 Å². The van der Waals surface area contributed by atoms with Crippen molar-refractivity contribution in [2.24, 2.45) is 0 Å². The van der Waals surface area contributed by atoms with E-state index in [1.165, 1.54) is 0 Å². The SMILES string of the molecule is CS(=O)(=O)c1nc(Cl)c(C(=O)O)c(S(C)(=O)=O)n1.Cl. The molecule has 0 bridgehead atoms. The molecule has 19 heavy (non-hydrogen) atoms. The largest absolute Gasteiger partial charge is 0.477 e. The Kier molecular flexibility index (Phi) is 5.29. The van der Waals surface area contributed by atoms with Gasteiger partial charge in [0.15, 0.2) is 14.9 Å². The molecule has 1 heterocycles. The highest BCUT2D eigenvalue weighted by molar-refractivity contribution is 7.91. The summed E-state index contributed by atoms with van der Waals surface area (Å²) in [4.78, 5) is 17.4. The third kappa shape index (κ3) is 4.00. The summed E-state index contributed by atoms with van der Waals surface area (Å²) in [6, 6.07) is 0. The van der Waals surface area contributed by atoms with Crippen LogP contribution in [-0.2, 0) is 19.7 Å². The number of sulfone groups is 2. The van der Waals surface area contributed by atoms with Crippen LogP contribution in [0.5, 0.6) is 0 Å². The van der Waals surface area contributed by atoms with Gasteiger partial charge in [0.25, 0.3) is 0 Å². The molecule has 0 saturated carbocycles. The Morgan fingerprint density at radius 2 is 1.58 bits per heavy atom. The van der Waals surface area contributed by atoms with E-state index in [9.17, 15) is 21.6 Å². The highest BCUT2D eigenvalue weighted by atomic mass is 35.5. The number of aromatic carboxylic acids is 1. The summed E-state index contributed by atoms with van der Waals surface area (Å²) in [5.74, 6) is -1.67. The summed E-state index contributed by atoms with van der Waals surface area (Å²) in [7, 11) is -7.98. The van der Waals surface area contributed by atoms with Gasteiger partial charge in [-0.1, -0.05) is 11.6 Å². The first kappa shape index (κ1) is 18.0. The van der Waals surface area contributed by atoms with Gasteiger partial charge < -0.3 is 5.11 Å². The van der Waals surface area contributed by atoms with Crippen molar-refractivity contribution in [3.05, 3.63) is 10.7 Å². The molecule has 8 nitrogen and oxygen atoms in total. The minimum absolute atomic E-state index is 0. The lowest BCUT2D eigenvalue weighted by molar-refractivity contribution is 0.0691. The summed E-state index contributed by atoms with van der Waals surface area (Å²) in [5.41, 5.74) is -0.855. The Labute approximate surface area is 120 Å². The molecule has 0 aromatic carbocycles. The number of hydrogen-bond donors (Lipinski definition) is 1. The molecule has 0 aliphatic heterocycles. The topological polar surface area (TPSA) is 131 Å². The molecule has 0 amide bonds. The zero-order valence-corrected chi connectivity index (χ0v) is 12.7. The first-order valence-corrected chi connectivity index (χ1v) is 8.31. The van der Waals surface area contributed by atoms with Crippen molar-refractivity contribution in [2.45, 2.75) is 10.2 Å². The molecule has 12 heteroatoms. The lowest BCUT2D eigenvalue weighted by Crippen LogP contribution is -2.16. The standard InChI is InChI=1S/C7H7ClN2O6S2.ClH/c1-17(13,14)5-3(6(11)12)4(8)9-7(10-5)18(2,15)16;/h1-2H3,(H,11,12);1H. The van der Waals surface area contributed by atoms with Gasteiger partial charge >= 0.3 is 5.97 Å². The Morgan fingerprint density at radius 1 is 1.11 bits per heavy atom. The summed E-state index contributed by atoms with van der Waals surface area (Å²) in [6.45, 7) is 0. The molecule has 108 valence electrons. The number of nitrogens with zero attached hydrogens (tertiary/aromatic N) is 2. The molecule has 0 radical (unpaired) electrons. The molecule has 0 fully saturated rings. The molecule has 0 aliphatic carbocycles. The summed E-state index contributed by atoms with van der Waals surface area (Å²) in [6.07, 6.45) is 1.43. The van der Waals surface area contributed by atoms with Crippen molar-refractivity contribution in [3.63, 3.8) is 0 Å². The van der Waals surface area contributed by atoms with Gasteiger partial charge in [-0.2, -0.15) is 0 Å². The molecular weight excluding hydrogens is 343 g/mol. The van der Waals surface area contributed by atoms with Gasteiger partial charge in [-0.15, -0.1) is 12.4 Å². The normalized spacial score (nSPS) is 11.7. The number of carboxylic acid groups (broad SMARTS) is 1. The van der Waals surface area contributed by atoms with Crippen LogP contribution >= 0.6 is 24.0 Å². The van der Waals surface area contributed by atoms with Crippen molar-refractivity contribution in [3.8, 4) is 0 Å². The third-order valence-electron chi connectivity index (χ3n) is 1.71. The molecule has 0 unspecified atom stereocenters. The maximum Gasteiger partial charge on any atom is 0.341 e. The van der Waals surface area contributed by atoms with Gasteiger partial charge in [0.05, 0.1) is 0 Å². The summed E-state index contributed by atoms with van der Waals surface area (Å²) < 4.78 is 45.2. The van der Waals surface area contributed by atoms with Crippen LogP contribution in [0.3, 0.4) is 0 Å². The fourth-order valence-electron chi connectivity index (χ4n) is 1.01.